The lowest BCUT2D eigenvalue weighted by atomic mass is 10.3. The Morgan fingerprint density at radius 1 is 1.86 bits per heavy atom. The van der Waals surface area contributed by atoms with Gasteiger partial charge >= 0.3 is 0 Å². The summed E-state index contributed by atoms with van der Waals surface area (Å²) >= 11 is 0. The van der Waals surface area contributed by atoms with Crippen molar-refractivity contribution in [3.8, 4) is 0 Å². The highest BCUT2D eigenvalue weighted by atomic mass is 16.5. The van der Waals surface area contributed by atoms with Crippen molar-refractivity contribution < 1.29 is 4.74 Å². The highest BCUT2D eigenvalue weighted by Gasteiger charge is 1.96. The van der Waals surface area contributed by atoms with E-state index in [9.17, 15) is 0 Å². The lowest BCUT2D eigenvalue weighted by Crippen LogP contribution is -2.20. The predicted molar refractivity (Wildman–Crippen MR) is 29.8 cm³/mol. The summed E-state index contributed by atoms with van der Waals surface area (Å²) in [5, 5.41) is 0. The maximum atomic E-state index is 5.23. The molecule has 0 rings (SSSR count). The van der Waals surface area contributed by atoms with Crippen molar-refractivity contribution in [2.24, 2.45) is 5.73 Å². The summed E-state index contributed by atoms with van der Waals surface area (Å²) in [4.78, 5) is 0. The van der Waals surface area contributed by atoms with E-state index in [2.05, 4.69) is 6.92 Å². The average Bonchev–Trinajstić information content (AvgIpc) is 1.72. The van der Waals surface area contributed by atoms with Crippen LogP contribution < -0.4 is 5.73 Å². The second-order valence-corrected chi connectivity index (χ2v) is 1.38. The minimum absolute atomic E-state index is 0.153. The standard InChI is InChI=1S/C5H12NO/c1-3-5(4-6)7-2/h5H,1,3-4,6H2,2H3. The summed E-state index contributed by atoms with van der Waals surface area (Å²) in [5.74, 6) is 0. The molecule has 2 N–H and O–H groups in total. The van der Waals surface area contributed by atoms with Gasteiger partial charge in [-0.1, -0.05) is 6.92 Å². The van der Waals surface area contributed by atoms with Crippen molar-refractivity contribution >= 4 is 0 Å². The Bertz CT molecular complexity index is 29.6. The number of hydrogen-bond acceptors (Lipinski definition) is 2. The number of ether oxygens (including phenoxy) is 1. The minimum Gasteiger partial charge on any atom is -0.380 e. The molecule has 0 aliphatic heterocycles. The van der Waals surface area contributed by atoms with Crippen LogP contribution in [0.15, 0.2) is 0 Å². The molecule has 0 heterocycles. The van der Waals surface area contributed by atoms with Gasteiger partial charge in [-0.05, 0) is 6.42 Å². The van der Waals surface area contributed by atoms with E-state index in [1.54, 1.807) is 7.11 Å². The summed E-state index contributed by atoms with van der Waals surface area (Å²) in [6.07, 6.45) is 0.910. The molecule has 43 valence electrons. The monoisotopic (exact) mass is 102 g/mol. The normalized spacial score (nSPS) is 14.1. The van der Waals surface area contributed by atoms with Crippen LogP contribution in [0.25, 0.3) is 0 Å². The molecule has 1 radical (unpaired) electrons. The molecule has 0 fully saturated rings. The Hall–Kier alpha value is -0.0800. The van der Waals surface area contributed by atoms with E-state index < -0.39 is 0 Å². The summed E-state index contributed by atoms with van der Waals surface area (Å²) in [6.45, 7) is 4.19. The lowest BCUT2D eigenvalue weighted by molar-refractivity contribution is 0.111. The molecular formula is C5H12NO. The summed E-state index contributed by atoms with van der Waals surface area (Å²) in [7, 11) is 1.64. The van der Waals surface area contributed by atoms with Crippen molar-refractivity contribution in [1.29, 1.82) is 0 Å². The van der Waals surface area contributed by atoms with Gasteiger partial charge in [0.2, 0.25) is 0 Å². The van der Waals surface area contributed by atoms with Crippen LogP contribution in [-0.2, 0) is 4.74 Å². The van der Waals surface area contributed by atoms with Crippen molar-refractivity contribution in [2.45, 2.75) is 12.5 Å². The number of rotatable bonds is 3. The molecule has 0 aromatic carbocycles. The van der Waals surface area contributed by atoms with E-state index >= 15 is 0 Å². The molecule has 2 nitrogen and oxygen atoms in total. The molecule has 0 spiro atoms. The molecule has 0 aliphatic carbocycles. The quantitative estimate of drug-likeness (QED) is 0.552. The van der Waals surface area contributed by atoms with Gasteiger partial charge in [-0.25, -0.2) is 0 Å². The highest BCUT2D eigenvalue weighted by Crippen LogP contribution is 1.89. The Balaban J connectivity index is 2.99. The average molecular weight is 102 g/mol. The molecule has 0 amide bonds. The second kappa shape index (κ2) is 4.09. The third kappa shape index (κ3) is 2.60. The zero-order valence-electron chi connectivity index (χ0n) is 4.68. The number of nitrogens with two attached hydrogens (primary N) is 1. The Morgan fingerprint density at radius 3 is 2.43 bits per heavy atom. The molecule has 0 saturated carbocycles. The zero-order chi connectivity index (χ0) is 5.70. The van der Waals surface area contributed by atoms with E-state index in [4.69, 9.17) is 10.5 Å². The van der Waals surface area contributed by atoms with Gasteiger partial charge in [-0.3, -0.25) is 0 Å². The first-order chi connectivity index (χ1) is 3.35. The fourth-order valence-corrected chi connectivity index (χ4v) is 0.332. The van der Waals surface area contributed by atoms with Crippen molar-refractivity contribution in [3.63, 3.8) is 0 Å². The van der Waals surface area contributed by atoms with E-state index in [1.807, 2.05) is 0 Å². The van der Waals surface area contributed by atoms with Gasteiger partial charge in [-0.15, -0.1) is 0 Å². The zero-order valence-corrected chi connectivity index (χ0v) is 4.68. The molecular weight excluding hydrogens is 90.1 g/mol. The van der Waals surface area contributed by atoms with Crippen LogP contribution in [0.1, 0.15) is 6.42 Å². The first-order valence-electron chi connectivity index (χ1n) is 2.37. The van der Waals surface area contributed by atoms with Gasteiger partial charge in [0, 0.05) is 13.7 Å². The molecule has 1 atom stereocenters. The van der Waals surface area contributed by atoms with Crippen LogP contribution >= 0.6 is 0 Å². The number of hydrogen-bond donors (Lipinski definition) is 1. The topological polar surface area (TPSA) is 35.2 Å². The SMILES string of the molecule is [CH2]CC(CN)OC. The van der Waals surface area contributed by atoms with Crippen LogP contribution in [0.2, 0.25) is 0 Å². The first kappa shape index (κ1) is 6.92. The van der Waals surface area contributed by atoms with Crippen molar-refractivity contribution in [2.75, 3.05) is 13.7 Å². The maximum absolute atomic E-state index is 5.23. The van der Waals surface area contributed by atoms with Crippen LogP contribution in [0.3, 0.4) is 0 Å². The lowest BCUT2D eigenvalue weighted by Gasteiger charge is -2.07. The maximum Gasteiger partial charge on any atom is 0.0693 e. The largest absolute Gasteiger partial charge is 0.380 e. The smallest absolute Gasteiger partial charge is 0.0693 e. The van der Waals surface area contributed by atoms with Gasteiger partial charge in [0.15, 0.2) is 0 Å². The van der Waals surface area contributed by atoms with E-state index in [1.165, 1.54) is 0 Å². The van der Waals surface area contributed by atoms with Crippen LogP contribution in [-0.4, -0.2) is 19.8 Å². The fraction of sp³-hybridized carbons (Fsp3) is 0.800. The first-order valence-corrected chi connectivity index (χ1v) is 2.37. The van der Waals surface area contributed by atoms with E-state index in [0.29, 0.717) is 6.54 Å². The minimum atomic E-state index is 0.153. The van der Waals surface area contributed by atoms with Gasteiger partial charge in [0.05, 0.1) is 6.10 Å². The van der Waals surface area contributed by atoms with Crippen LogP contribution in [0, 0.1) is 6.92 Å². The molecule has 0 saturated heterocycles. The van der Waals surface area contributed by atoms with Crippen molar-refractivity contribution in [3.05, 3.63) is 6.92 Å². The van der Waals surface area contributed by atoms with Gasteiger partial charge < -0.3 is 10.5 Å². The van der Waals surface area contributed by atoms with Crippen LogP contribution in [0.5, 0.6) is 0 Å². The highest BCUT2D eigenvalue weighted by molar-refractivity contribution is 4.57. The van der Waals surface area contributed by atoms with Gasteiger partial charge in [-0.2, -0.15) is 0 Å². The second-order valence-electron chi connectivity index (χ2n) is 1.38. The fourth-order valence-electron chi connectivity index (χ4n) is 0.332. The summed E-state index contributed by atoms with van der Waals surface area (Å²) in [6, 6.07) is 0. The number of methoxy groups -OCH3 is 1. The molecule has 0 aromatic heterocycles. The predicted octanol–water partition coefficient (Wildman–Crippen LogP) is 0.184. The Labute approximate surface area is 44.7 Å². The third-order valence-corrected chi connectivity index (χ3v) is 0.918. The van der Waals surface area contributed by atoms with Gasteiger partial charge in [0.1, 0.15) is 0 Å². The molecule has 2 heteroatoms. The van der Waals surface area contributed by atoms with Crippen molar-refractivity contribution in [1.82, 2.24) is 0 Å². The van der Waals surface area contributed by atoms with Gasteiger partial charge in [0.25, 0.3) is 0 Å². The Morgan fingerprint density at radius 2 is 2.43 bits per heavy atom. The summed E-state index contributed by atoms with van der Waals surface area (Å²) in [5.41, 5.74) is 5.23. The molecule has 0 aliphatic rings. The van der Waals surface area contributed by atoms with E-state index in [0.717, 1.165) is 6.42 Å². The molecule has 0 bridgehead atoms. The Kier molecular flexibility index (Phi) is 4.04. The van der Waals surface area contributed by atoms with E-state index in [-0.39, 0.29) is 6.10 Å². The molecule has 7 heavy (non-hydrogen) atoms. The van der Waals surface area contributed by atoms with Crippen LogP contribution in [0.4, 0.5) is 0 Å². The third-order valence-electron chi connectivity index (χ3n) is 0.918. The molecule has 0 aromatic rings. The molecule has 1 unspecified atom stereocenters. The summed E-state index contributed by atoms with van der Waals surface area (Å²) < 4.78 is 4.86.